The van der Waals surface area contributed by atoms with E-state index in [1.165, 1.54) is 20.0 Å². The monoisotopic (exact) mass is 213 g/mol. The third-order valence-corrected chi connectivity index (χ3v) is 3.21. The van der Waals surface area contributed by atoms with E-state index in [1.54, 1.807) is 0 Å². The van der Waals surface area contributed by atoms with Crippen molar-refractivity contribution < 1.29 is 14.4 Å². The molecule has 1 N–H and O–H groups in total. The van der Waals surface area contributed by atoms with E-state index in [4.69, 9.17) is 9.57 Å². The zero-order valence-corrected chi connectivity index (χ0v) is 9.20. The van der Waals surface area contributed by atoms with Crippen LogP contribution in [0.3, 0.4) is 0 Å². The number of hydrogen-bond donors (Lipinski definition) is 1. The Bertz CT molecular complexity index is 222. The average molecular weight is 213 g/mol. The summed E-state index contributed by atoms with van der Waals surface area (Å²) in [6.45, 7) is 0. The van der Waals surface area contributed by atoms with Crippen molar-refractivity contribution in [2.24, 2.45) is 5.92 Å². The fourth-order valence-corrected chi connectivity index (χ4v) is 2.07. The first kappa shape index (κ1) is 10.9. The maximum Gasteiger partial charge on any atom is 0.325 e. The highest BCUT2D eigenvalue weighted by atomic mass is 16.7. The Morgan fingerprint density at radius 3 is 2.47 bits per heavy atom. The van der Waals surface area contributed by atoms with Gasteiger partial charge in [-0.3, -0.25) is 9.63 Å². The summed E-state index contributed by atoms with van der Waals surface area (Å²) >= 11 is 0. The second-order valence-corrected chi connectivity index (χ2v) is 4.48. The molecule has 0 aromatic rings. The van der Waals surface area contributed by atoms with Gasteiger partial charge in [0.05, 0.1) is 13.2 Å². The maximum absolute atomic E-state index is 11.4. The van der Waals surface area contributed by atoms with Gasteiger partial charge in [-0.1, -0.05) is 12.8 Å². The quantitative estimate of drug-likeness (QED) is 0.554. The lowest BCUT2D eigenvalue weighted by atomic mass is 10.2. The molecule has 15 heavy (non-hydrogen) atoms. The van der Waals surface area contributed by atoms with E-state index in [-0.39, 0.29) is 18.1 Å². The van der Waals surface area contributed by atoms with Crippen molar-refractivity contribution in [3.63, 3.8) is 0 Å². The van der Waals surface area contributed by atoms with Crippen molar-refractivity contribution in [2.45, 2.75) is 50.7 Å². The van der Waals surface area contributed by atoms with Gasteiger partial charge in [0.15, 0.2) is 0 Å². The zero-order valence-electron chi connectivity index (χ0n) is 9.20. The van der Waals surface area contributed by atoms with Crippen molar-refractivity contribution in [2.75, 3.05) is 7.11 Å². The van der Waals surface area contributed by atoms with E-state index in [0.717, 1.165) is 25.7 Å². The van der Waals surface area contributed by atoms with Gasteiger partial charge in [-0.2, -0.15) is 5.48 Å². The number of ether oxygens (including phenoxy) is 1. The average Bonchev–Trinajstić information content (AvgIpc) is 2.95. The van der Waals surface area contributed by atoms with Crippen LogP contribution in [0.5, 0.6) is 0 Å². The first-order chi connectivity index (χ1) is 7.31. The van der Waals surface area contributed by atoms with Crippen LogP contribution in [-0.2, 0) is 14.4 Å². The molecule has 0 spiro atoms. The Morgan fingerprint density at radius 1 is 1.27 bits per heavy atom. The normalized spacial score (nSPS) is 24.1. The van der Waals surface area contributed by atoms with Gasteiger partial charge in [-0.25, -0.2) is 0 Å². The molecule has 86 valence electrons. The molecule has 0 amide bonds. The summed E-state index contributed by atoms with van der Waals surface area (Å²) in [6.07, 6.45) is 7.16. The van der Waals surface area contributed by atoms with Crippen LogP contribution < -0.4 is 5.48 Å². The summed E-state index contributed by atoms with van der Waals surface area (Å²) in [7, 11) is 1.43. The van der Waals surface area contributed by atoms with Crippen molar-refractivity contribution in [1.82, 2.24) is 5.48 Å². The molecular formula is C11H19NO3. The van der Waals surface area contributed by atoms with Crippen molar-refractivity contribution in [3.05, 3.63) is 0 Å². The SMILES string of the molecule is COC(=O)C(NOC1CCCC1)C1CC1. The second kappa shape index (κ2) is 4.94. The van der Waals surface area contributed by atoms with Crippen LogP contribution >= 0.6 is 0 Å². The minimum atomic E-state index is -0.254. The van der Waals surface area contributed by atoms with Crippen molar-refractivity contribution in [3.8, 4) is 0 Å². The molecule has 2 fully saturated rings. The summed E-state index contributed by atoms with van der Waals surface area (Å²) in [5.74, 6) is 0.217. The molecule has 0 aromatic carbocycles. The molecule has 2 aliphatic carbocycles. The topological polar surface area (TPSA) is 47.6 Å². The molecule has 1 unspecified atom stereocenters. The fourth-order valence-electron chi connectivity index (χ4n) is 2.07. The van der Waals surface area contributed by atoms with Gasteiger partial charge in [0, 0.05) is 0 Å². The van der Waals surface area contributed by atoms with Gasteiger partial charge in [-0.15, -0.1) is 0 Å². The standard InChI is InChI=1S/C11H19NO3/c1-14-11(13)10(8-6-7-8)12-15-9-4-2-3-5-9/h8-10,12H,2-7H2,1H3. The van der Waals surface area contributed by atoms with Gasteiger partial charge >= 0.3 is 5.97 Å². The van der Waals surface area contributed by atoms with Crippen molar-refractivity contribution in [1.29, 1.82) is 0 Å². The van der Waals surface area contributed by atoms with Crippen LogP contribution in [0.1, 0.15) is 38.5 Å². The highest BCUT2D eigenvalue weighted by Gasteiger charge is 2.37. The van der Waals surface area contributed by atoms with Gasteiger partial charge in [0.25, 0.3) is 0 Å². The van der Waals surface area contributed by atoms with Gasteiger partial charge in [-0.05, 0) is 31.6 Å². The van der Waals surface area contributed by atoms with E-state index in [0.29, 0.717) is 5.92 Å². The third kappa shape index (κ3) is 2.92. The number of carbonyl (C=O) groups is 1. The molecule has 4 nitrogen and oxygen atoms in total. The van der Waals surface area contributed by atoms with Gasteiger partial charge in [0.2, 0.25) is 0 Å². The maximum atomic E-state index is 11.4. The summed E-state index contributed by atoms with van der Waals surface area (Å²) in [4.78, 5) is 17.0. The molecule has 2 rings (SSSR count). The molecule has 4 heteroatoms. The molecule has 0 bridgehead atoms. The number of carbonyl (C=O) groups excluding carboxylic acids is 1. The molecule has 2 saturated carbocycles. The molecular weight excluding hydrogens is 194 g/mol. The first-order valence-electron chi connectivity index (χ1n) is 5.80. The van der Waals surface area contributed by atoms with E-state index < -0.39 is 0 Å². The zero-order chi connectivity index (χ0) is 10.7. The first-order valence-corrected chi connectivity index (χ1v) is 5.80. The van der Waals surface area contributed by atoms with E-state index in [1.807, 2.05) is 0 Å². The van der Waals surface area contributed by atoms with Crippen LogP contribution in [-0.4, -0.2) is 25.2 Å². The lowest BCUT2D eigenvalue weighted by molar-refractivity contribution is -0.150. The molecule has 0 aliphatic heterocycles. The number of esters is 1. The van der Waals surface area contributed by atoms with Crippen LogP contribution in [0.2, 0.25) is 0 Å². The van der Waals surface area contributed by atoms with Gasteiger partial charge < -0.3 is 4.74 Å². The predicted molar refractivity (Wildman–Crippen MR) is 55.0 cm³/mol. The van der Waals surface area contributed by atoms with Crippen LogP contribution in [0.15, 0.2) is 0 Å². The molecule has 0 saturated heterocycles. The van der Waals surface area contributed by atoms with Gasteiger partial charge in [0.1, 0.15) is 6.04 Å². The number of hydroxylamine groups is 1. The predicted octanol–water partition coefficient (Wildman–Crippen LogP) is 1.40. The Morgan fingerprint density at radius 2 is 1.93 bits per heavy atom. The number of hydrogen-bond acceptors (Lipinski definition) is 4. The second-order valence-electron chi connectivity index (χ2n) is 4.48. The smallest absolute Gasteiger partial charge is 0.325 e. The molecule has 1 atom stereocenters. The highest BCUT2D eigenvalue weighted by Crippen LogP contribution is 2.33. The van der Waals surface area contributed by atoms with Crippen LogP contribution in [0.4, 0.5) is 0 Å². The van der Waals surface area contributed by atoms with E-state index in [2.05, 4.69) is 5.48 Å². The lowest BCUT2D eigenvalue weighted by Crippen LogP contribution is -2.41. The minimum absolute atomic E-state index is 0.199. The Balaban J connectivity index is 1.75. The Kier molecular flexibility index (Phi) is 3.59. The fraction of sp³-hybridized carbons (Fsp3) is 0.909. The third-order valence-electron chi connectivity index (χ3n) is 3.21. The highest BCUT2D eigenvalue weighted by molar-refractivity contribution is 5.76. The summed E-state index contributed by atoms with van der Waals surface area (Å²) in [6, 6.07) is -0.254. The Hall–Kier alpha value is -0.610. The lowest BCUT2D eigenvalue weighted by Gasteiger charge is -2.18. The largest absolute Gasteiger partial charge is 0.468 e. The molecule has 0 heterocycles. The van der Waals surface area contributed by atoms with Crippen LogP contribution in [0.25, 0.3) is 0 Å². The van der Waals surface area contributed by atoms with Crippen LogP contribution in [0, 0.1) is 5.92 Å². The number of rotatable bonds is 5. The van der Waals surface area contributed by atoms with E-state index >= 15 is 0 Å². The summed E-state index contributed by atoms with van der Waals surface area (Å²) in [5.41, 5.74) is 2.90. The molecule has 2 aliphatic rings. The van der Waals surface area contributed by atoms with E-state index in [9.17, 15) is 4.79 Å². The summed E-state index contributed by atoms with van der Waals surface area (Å²) in [5, 5.41) is 0. The molecule has 0 aromatic heterocycles. The number of nitrogens with one attached hydrogen (secondary N) is 1. The molecule has 0 radical (unpaired) electrons. The minimum Gasteiger partial charge on any atom is -0.468 e. The Labute approximate surface area is 90.3 Å². The summed E-state index contributed by atoms with van der Waals surface area (Å²) < 4.78 is 4.75. The number of methoxy groups -OCH3 is 1. The van der Waals surface area contributed by atoms with Crippen molar-refractivity contribution >= 4 is 5.97 Å².